The van der Waals surface area contributed by atoms with Gasteiger partial charge in [-0.3, -0.25) is 4.79 Å². The number of amides is 1. The fourth-order valence-corrected chi connectivity index (χ4v) is 2.36. The SMILES string of the molecule is COC(=O)c1sccc1NC(=O)COc1cccc(N)c1. The van der Waals surface area contributed by atoms with E-state index in [9.17, 15) is 9.59 Å². The number of nitrogens with one attached hydrogen (secondary N) is 1. The third kappa shape index (κ3) is 3.96. The second-order valence-corrected chi connectivity index (χ2v) is 4.98. The second kappa shape index (κ2) is 6.76. The van der Waals surface area contributed by atoms with Crippen LogP contribution in [0.4, 0.5) is 11.4 Å². The lowest BCUT2D eigenvalue weighted by Gasteiger charge is -2.08. The molecule has 7 heteroatoms. The van der Waals surface area contributed by atoms with Gasteiger partial charge in [0.15, 0.2) is 6.61 Å². The molecule has 2 aromatic rings. The zero-order valence-electron chi connectivity index (χ0n) is 11.3. The number of carbonyl (C=O) groups is 2. The Morgan fingerprint density at radius 3 is 2.86 bits per heavy atom. The van der Waals surface area contributed by atoms with Crippen molar-refractivity contribution in [1.82, 2.24) is 0 Å². The van der Waals surface area contributed by atoms with E-state index in [-0.39, 0.29) is 12.5 Å². The lowest BCUT2D eigenvalue weighted by molar-refractivity contribution is -0.118. The first kappa shape index (κ1) is 14.9. The van der Waals surface area contributed by atoms with E-state index in [0.29, 0.717) is 22.0 Å². The summed E-state index contributed by atoms with van der Waals surface area (Å²) in [5.74, 6) is -0.360. The summed E-state index contributed by atoms with van der Waals surface area (Å²) in [7, 11) is 1.29. The number of hydrogen-bond donors (Lipinski definition) is 2. The Bertz CT molecular complexity index is 654. The Labute approximate surface area is 125 Å². The third-order valence-corrected chi connectivity index (χ3v) is 3.43. The molecule has 0 aliphatic carbocycles. The summed E-state index contributed by atoms with van der Waals surface area (Å²) in [6.07, 6.45) is 0. The number of carbonyl (C=O) groups excluding carboxylic acids is 2. The highest BCUT2D eigenvalue weighted by Crippen LogP contribution is 2.23. The van der Waals surface area contributed by atoms with Crippen LogP contribution in [0.5, 0.6) is 5.75 Å². The summed E-state index contributed by atoms with van der Waals surface area (Å²) in [6, 6.07) is 8.42. The molecule has 0 saturated carbocycles. The van der Waals surface area contributed by atoms with Crippen molar-refractivity contribution in [3.05, 3.63) is 40.6 Å². The van der Waals surface area contributed by atoms with Crippen LogP contribution in [0, 0.1) is 0 Å². The predicted molar refractivity (Wildman–Crippen MR) is 80.6 cm³/mol. The van der Waals surface area contributed by atoms with Gasteiger partial charge in [-0.25, -0.2) is 4.79 Å². The van der Waals surface area contributed by atoms with Gasteiger partial charge >= 0.3 is 5.97 Å². The molecule has 0 aliphatic heterocycles. The van der Waals surface area contributed by atoms with Crippen molar-refractivity contribution in [2.24, 2.45) is 0 Å². The topological polar surface area (TPSA) is 90.6 Å². The summed E-state index contributed by atoms with van der Waals surface area (Å²) in [4.78, 5) is 23.6. The van der Waals surface area contributed by atoms with Crippen molar-refractivity contribution in [2.45, 2.75) is 0 Å². The van der Waals surface area contributed by atoms with Crippen molar-refractivity contribution < 1.29 is 19.1 Å². The minimum Gasteiger partial charge on any atom is -0.484 e. The van der Waals surface area contributed by atoms with E-state index in [1.165, 1.54) is 18.4 Å². The van der Waals surface area contributed by atoms with Gasteiger partial charge in [0.25, 0.3) is 5.91 Å². The van der Waals surface area contributed by atoms with Gasteiger partial charge in [-0.15, -0.1) is 11.3 Å². The molecule has 1 amide bonds. The molecule has 0 unspecified atom stereocenters. The van der Waals surface area contributed by atoms with E-state index in [1.807, 2.05) is 0 Å². The smallest absolute Gasteiger partial charge is 0.350 e. The van der Waals surface area contributed by atoms with Gasteiger partial charge in [-0.1, -0.05) is 6.07 Å². The molecule has 6 nitrogen and oxygen atoms in total. The van der Waals surface area contributed by atoms with Crippen LogP contribution in [0.15, 0.2) is 35.7 Å². The number of esters is 1. The standard InChI is InChI=1S/C14H14N2O4S/c1-19-14(18)13-11(5-6-21-13)16-12(17)8-20-10-4-2-3-9(15)7-10/h2-7H,8,15H2,1H3,(H,16,17). The molecule has 1 heterocycles. The summed E-state index contributed by atoms with van der Waals surface area (Å²) in [5, 5.41) is 4.30. The van der Waals surface area contributed by atoms with Crippen LogP contribution >= 0.6 is 11.3 Å². The van der Waals surface area contributed by atoms with Crippen molar-refractivity contribution in [3.8, 4) is 5.75 Å². The molecule has 21 heavy (non-hydrogen) atoms. The van der Waals surface area contributed by atoms with Crippen LogP contribution in [-0.2, 0) is 9.53 Å². The zero-order valence-corrected chi connectivity index (χ0v) is 12.1. The number of rotatable bonds is 5. The molecule has 0 atom stereocenters. The Kier molecular flexibility index (Phi) is 4.78. The third-order valence-electron chi connectivity index (χ3n) is 2.54. The maximum absolute atomic E-state index is 11.8. The Morgan fingerprint density at radius 2 is 2.14 bits per heavy atom. The van der Waals surface area contributed by atoms with E-state index < -0.39 is 5.97 Å². The number of thiophene rings is 1. The Hall–Kier alpha value is -2.54. The number of methoxy groups -OCH3 is 1. The molecule has 1 aromatic heterocycles. The van der Waals surface area contributed by atoms with Crippen LogP contribution < -0.4 is 15.8 Å². The summed E-state index contributed by atoms with van der Waals surface area (Å²) < 4.78 is 9.95. The molecule has 0 radical (unpaired) electrons. The summed E-state index contributed by atoms with van der Waals surface area (Å²) in [5.41, 5.74) is 6.58. The fourth-order valence-electron chi connectivity index (χ4n) is 1.60. The first-order chi connectivity index (χ1) is 10.1. The monoisotopic (exact) mass is 306 g/mol. The first-order valence-corrected chi connectivity index (χ1v) is 6.92. The number of ether oxygens (including phenoxy) is 2. The molecule has 0 saturated heterocycles. The highest BCUT2D eigenvalue weighted by molar-refractivity contribution is 7.12. The molecule has 2 rings (SSSR count). The summed E-state index contributed by atoms with van der Waals surface area (Å²) >= 11 is 1.19. The number of hydrogen-bond acceptors (Lipinski definition) is 6. The van der Waals surface area contributed by atoms with Crippen LogP contribution in [0.25, 0.3) is 0 Å². The largest absolute Gasteiger partial charge is 0.484 e. The zero-order chi connectivity index (χ0) is 15.2. The molecular formula is C14H14N2O4S. The normalized spacial score (nSPS) is 9.95. The maximum atomic E-state index is 11.8. The lowest BCUT2D eigenvalue weighted by Crippen LogP contribution is -2.21. The van der Waals surface area contributed by atoms with Gasteiger partial charge in [-0.2, -0.15) is 0 Å². The molecule has 3 N–H and O–H groups in total. The highest BCUT2D eigenvalue weighted by Gasteiger charge is 2.15. The van der Waals surface area contributed by atoms with Crippen molar-refractivity contribution in [3.63, 3.8) is 0 Å². The predicted octanol–water partition coefficient (Wildman–Crippen LogP) is 2.13. The van der Waals surface area contributed by atoms with Gasteiger partial charge < -0.3 is 20.5 Å². The molecule has 0 bridgehead atoms. The number of anilines is 2. The minimum absolute atomic E-state index is 0.181. The molecule has 110 valence electrons. The maximum Gasteiger partial charge on any atom is 0.350 e. The highest BCUT2D eigenvalue weighted by atomic mass is 32.1. The minimum atomic E-state index is -0.489. The molecule has 0 spiro atoms. The molecular weight excluding hydrogens is 292 g/mol. The van der Waals surface area contributed by atoms with Crippen LogP contribution in [0.2, 0.25) is 0 Å². The fraction of sp³-hybridized carbons (Fsp3) is 0.143. The summed E-state index contributed by atoms with van der Waals surface area (Å²) in [6.45, 7) is -0.181. The van der Waals surface area contributed by atoms with Crippen molar-refractivity contribution in [1.29, 1.82) is 0 Å². The average molecular weight is 306 g/mol. The van der Waals surface area contributed by atoms with Gasteiger partial charge in [-0.05, 0) is 23.6 Å². The van der Waals surface area contributed by atoms with E-state index in [1.54, 1.807) is 35.7 Å². The van der Waals surface area contributed by atoms with Crippen LogP contribution in [-0.4, -0.2) is 25.6 Å². The van der Waals surface area contributed by atoms with Gasteiger partial charge in [0.1, 0.15) is 10.6 Å². The van der Waals surface area contributed by atoms with Gasteiger partial charge in [0.05, 0.1) is 12.8 Å². The van der Waals surface area contributed by atoms with E-state index in [4.69, 9.17) is 10.5 Å². The van der Waals surface area contributed by atoms with Crippen molar-refractivity contribution >= 4 is 34.6 Å². The van der Waals surface area contributed by atoms with Gasteiger partial charge in [0.2, 0.25) is 0 Å². The quantitative estimate of drug-likeness (QED) is 0.652. The van der Waals surface area contributed by atoms with E-state index in [2.05, 4.69) is 10.1 Å². The Morgan fingerprint density at radius 1 is 1.33 bits per heavy atom. The molecule has 0 aliphatic rings. The van der Waals surface area contributed by atoms with Crippen LogP contribution in [0.1, 0.15) is 9.67 Å². The Balaban J connectivity index is 1.93. The average Bonchev–Trinajstić information content (AvgIpc) is 2.92. The molecule has 1 aromatic carbocycles. The van der Waals surface area contributed by atoms with Gasteiger partial charge in [0, 0.05) is 11.8 Å². The second-order valence-electron chi connectivity index (χ2n) is 4.06. The number of nitrogen functional groups attached to an aromatic ring is 1. The molecule has 0 fully saturated rings. The number of nitrogens with two attached hydrogens (primary N) is 1. The van der Waals surface area contributed by atoms with E-state index >= 15 is 0 Å². The van der Waals surface area contributed by atoms with Crippen LogP contribution in [0.3, 0.4) is 0 Å². The number of benzene rings is 1. The lowest BCUT2D eigenvalue weighted by atomic mass is 10.3. The van der Waals surface area contributed by atoms with Crippen molar-refractivity contribution in [2.75, 3.05) is 24.8 Å². The van der Waals surface area contributed by atoms with E-state index in [0.717, 1.165) is 0 Å². The first-order valence-electron chi connectivity index (χ1n) is 6.04.